The van der Waals surface area contributed by atoms with E-state index in [9.17, 15) is 9.67 Å². The average Bonchev–Trinajstić information content (AvgIpc) is 3.10. The highest BCUT2D eigenvalue weighted by Gasteiger charge is 2.52. The van der Waals surface area contributed by atoms with Crippen LogP contribution in [-0.2, 0) is 18.3 Å². The van der Waals surface area contributed by atoms with Crippen molar-refractivity contribution in [2.45, 2.75) is 31.4 Å². The van der Waals surface area contributed by atoms with Gasteiger partial charge in [-0.1, -0.05) is 6.82 Å². The number of ether oxygens (including phenoxy) is 1. The number of imidazole rings is 1. The number of nitrogens with two attached hydrogens (primary N) is 1. The van der Waals surface area contributed by atoms with Crippen molar-refractivity contribution < 1.29 is 23.5 Å². The summed E-state index contributed by atoms with van der Waals surface area (Å²) in [7, 11) is -3.30. The number of hydrogen-bond donors (Lipinski definition) is 2. The largest absolute Gasteiger partial charge is 0.386 e. The summed E-state index contributed by atoms with van der Waals surface area (Å²) in [4.78, 5) is 12.1. The van der Waals surface area contributed by atoms with E-state index >= 15 is 0 Å². The number of aromatic nitrogens is 4. The third kappa shape index (κ3) is 2.27. The third-order valence-electron chi connectivity index (χ3n) is 3.97. The summed E-state index contributed by atoms with van der Waals surface area (Å²) < 4.78 is 30.2. The Labute approximate surface area is 131 Å². The van der Waals surface area contributed by atoms with Crippen LogP contribution in [0.2, 0.25) is 6.82 Å². The zero-order valence-corrected chi connectivity index (χ0v) is 13.0. The Balaban J connectivity index is 1.68. The summed E-state index contributed by atoms with van der Waals surface area (Å²) in [5, 5.41) is 10.5. The maximum Gasteiger partial charge on any atom is 0.272 e. The number of rotatable bonds is 2. The minimum atomic E-state index is -3.30. The normalized spacial score (nSPS) is 37.0. The minimum Gasteiger partial charge on any atom is -0.386 e. The van der Waals surface area contributed by atoms with Gasteiger partial charge in [-0.05, 0) is 0 Å². The van der Waals surface area contributed by atoms with Crippen molar-refractivity contribution in [3.8, 4) is 0 Å². The Morgan fingerprint density at radius 3 is 3.09 bits per heavy atom. The molecule has 121 valence electrons. The van der Waals surface area contributed by atoms with Gasteiger partial charge in [0.05, 0.1) is 12.9 Å². The van der Waals surface area contributed by atoms with Crippen LogP contribution in [0.25, 0.3) is 11.2 Å². The second kappa shape index (κ2) is 5.25. The molecule has 2 saturated heterocycles. The molecule has 2 aliphatic rings. The SMILES string of the molecule is C[B]P1(=O)OC[C@H]2O[C@@H](n3cnc4c(N)ncnc43)C(O)[C@@H]2O1. The van der Waals surface area contributed by atoms with Crippen LogP contribution in [0.4, 0.5) is 5.82 Å². The predicted molar refractivity (Wildman–Crippen MR) is 79.7 cm³/mol. The molecule has 2 aromatic rings. The van der Waals surface area contributed by atoms with Crippen LogP contribution in [0, 0.1) is 0 Å². The maximum atomic E-state index is 12.2. The highest BCUT2D eigenvalue weighted by Crippen LogP contribution is 2.54. The zero-order chi connectivity index (χ0) is 16.2. The molecule has 1 radical (unpaired) electrons. The van der Waals surface area contributed by atoms with E-state index in [2.05, 4.69) is 15.0 Å². The van der Waals surface area contributed by atoms with Gasteiger partial charge in [0.25, 0.3) is 14.5 Å². The summed E-state index contributed by atoms with van der Waals surface area (Å²) in [6.45, 7) is 3.03. The quantitative estimate of drug-likeness (QED) is 0.570. The van der Waals surface area contributed by atoms with Gasteiger partial charge >= 0.3 is 0 Å². The Morgan fingerprint density at radius 2 is 2.30 bits per heavy atom. The average molecular weight is 338 g/mol. The van der Waals surface area contributed by atoms with E-state index in [4.69, 9.17) is 19.5 Å². The molecule has 3 N–H and O–H groups in total. The summed E-state index contributed by atoms with van der Waals surface area (Å²) in [5.74, 6) is 0.239. The lowest BCUT2D eigenvalue weighted by molar-refractivity contribution is -0.0565. The van der Waals surface area contributed by atoms with Gasteiger partial charge in [-0.25, -0.2) is 15.0 Å². The van der Waals surface area contributed by atoms with Gasteiger partial charge < -0.3 is 24.6 Å². The molecule has 2 aliphatic heterocycles. The van der Waals surface area contributed by atoms with Crippen LogP contribution < -0.4 is 5.73 Å². The standard InChI is InChI=1S/C11H14BN5O5P/c1-12-23(19)20-2-5-8(22-23)7(18)11(21-5)17-4-16-6-9(13)14-3-15-10(6)17/h3-5,7-8,11,18H,2H2,1H3,(H2,13,14,15)/t5-,7?,8-,11-,23?/m1/s1. The first-order valence-corrected chi connectivity index (χ1v) is 8.63. The molecule has 10 nitrogen and oxygen atoms in total. The van der Waals surface area contributed by atoms with Crippen LogP contribution in [0.3, 0.4) is 0 Å². The molecule has 0 aromatic carbocycles. The molecular formula is C11H14BN5O5P. The Bertz CT molecular complexity index is 802. The maximum absolute atomic E-state index is 12.2. The second-order valence-electron chi connectivity index (χ2n) is 5.30. The van der Waals surface area contributed by atoms with E-state index in [0.29, 0.717) is 11.2 Å². The lowest BCUT2D eigenvalue weighted by Crippen LogP contribution is -2.39. The number of aliphatic hydroxyl groups is 1. The summed E-state index contributed by atoms with van der Waals surface area (Å²) >= 11 is 0. The molecule has 0 spiro atoms. The van der Waals surface area contributed by atoms with E-state index in [1.165, 1.54) is 19.7 Å². The van der Waals surface area contributed by atoms with Gasteiger partial charge in [0.2, 0.25) is 0 Å². The molecule has 0 saturated carbocycles. The first-order valence-electron chi connectivity index (χ1n) is 7.02. The van der Waals surface area contributed by atoms with Gasteiger partial charge in [-0.2, -0.15) is 0 Å². The van der Waals surface area contributed by atoms with E-state index in [0.717, 1.165) is 0 Å². The summed E-state index contributed by atoms with van der Waals surface area (Å²) in [6, 6.07) is 0. The fraction of sp³-hybridized carbons (Fsp3) is 0.545. The highest BCUT2D eigenvalue weighted by atomic mass is 31.2. The fourth-order valence-corrected chi connectivity index (χ4v) is 4.07. The van der Waals surface area contributed by atoms with Crippen LogP contribution >= 0.6 is 7.47 Å². The molecule has 0 bridgehead atoms. The van der Waals surface area contributed by atoms with Gasteiger partial charge in [0.1, 0.15) is 30.2 Å². The molecule has 23 heavy (non-hydrogen) atoms. The van der Waals surface area contributed by atoms with Crippen molar-refractivity contribution in [2.24, 2.45) is 0 Å². The molecule has 0 amide bonds. The first-order chi connectivity index (χ1) is 11.0. The summed E-state index contributed by atoms with van der Waals surface area (Å²) in [6.07, 6.45) is -0.361. The highest BCUT2D eigenvalue weighted by molar-refractivity contribution is 7.83. The molecule has 2 unspecified atom stereocenters. The molecule has 12 heteroatoms. The number of hydrogen-bond acceptors (Lipinski definition) is 9. The fourth-order valence-electron chi connectivity index (χ4n) is 2.78. The topological polar surface area (TPSA) is 135 Å². The van der Waals surface area contributed by atoms with Gasteiger partial charge in [-0.15, -0.1) is 0 Å². The monoisotopic (exact) mass is 338 g/mol. The number of fused-ring (bicyclic) bond motifs is 2. The lowest BCUT2D eigenvalue weighted by Gasteiger charge is -2.31. The number of nitrogen functional groups attached to an aromatic ring is 1. The van der Waals surface area contributed by atoms with Crippen molar-refractivity contribution in [1.29, 1.82) is 0 Å². The number of anilines is 1. The second-order valence-corrected chi connectivity index (χ2v) is 7.37. The Hall–Kier alpha value is -1.52. The minimum absolute atomic E-state index is 0.0730. The molecule has 2 fully saturated rings. The first kappa shape index (κ1) is 15.0. The number of nitrogens with zero attached hydrogens (tertiary/aromatic N) is 4. The van der Waals surface area contributed by atoms with Crippen LogP contribution in [0.5, 0.6) is 0 Å². The van der Waals surface area contributed by atoms with Crippen molar-refractivity contribution in [1.82, 2.24) is 19.5 Å². The lowest BCUT2D eigenvalue weighted by atomic mass is 10.1. The molecule has 0 aliphatic carbocycles. The van der Waals surface area contributed by atoms with Crippen LogP contribution in [-0.4, -0.2) is 56.5 Å². The predicted octanol–water partition coefficient (Wildman–Crippen LogP) is -0.0574. The summed E-state index contributed by atoms with van der Waals surface area (Å²) in [5.41, 5.74) is 6.61. The van der Waals surface area contributed by atoms with Crippen LogP contribution in [0.1, 0.15) is 6.23 Å². The molecule has 2 aromatic heterocycles. The van der Waals surface area contributed by atoms with Gasteiger partial charge in [0.15, 0.2) is 17.7 Å². The van der Waals surface area contributed by atoms with Crippen molar-refractivity contribution in [3.05, 3.63) is 12.7 Å². The van der Waals surface area contributed by atoms with E-state index in [-0.39, 0.29) is 12.4 Å². The van der Waals surface area contributed by atoms with Gasteiger partial charge in [0, 0.05) is 0 Å². The smallest absolute Gasteiger partial charge is 0.272 e. The van der Waals surface area contributed by atoms with Crippen molar-refractivity contribution in [2.75, 3.05) is 12.3 Å². The van der Waals surface area contributed by atoms with E-state index in [1.54, 1.807) is 11.4 Å². The number of aliphatic hydroxyl groups excluding tert-OH is 1. The van der Waals surface area contributed by atoms with E-state index < -0.39 is 32.0 Å². The van der Waals surface area contributed by atoms with Crippen molar-refractivity contribution in [3.63, 3.8) is 0 Å². The Kier molecular flexibility index (Phi) is 3.43. The molecule has 5 atom stereocenters. The Morgan fingerprint density at radius 1 is 1.48 bits per heavy atom. The molecule has 4 rings (SSSR count). The third-order valence-corrected chi connectivity index (χ3v) is 5.65. The van der Waals surface area contributed by atoms with Crippen LogP contribution in [0.15, 0.2) is 12.7 Å². The van der Waals surface area contributed by atoms with Gasteiger partial charge in [-0.3, -0.25) is 9.13 Å². The van der Waals surface area contributed by atoms with Crippen molar-refractivity contribution >= 4 is 31.5 Å². The van der Waals surface area contributed by atoms with E-state index in [1.807, 2.05) is 0 Å². The molecule has 4 heterocycles. The molecular weight excluding hydrogens is 324 g/mol. The zero-order valence-electron chi connectivity index (χ0n) is 12.1.